The van der Waals surface area contributed by atoms with Gasteiger partial charge in [0.15, 0.2) is 0 Å². The van der Waals surface area contributed by atoms with Crippen molar-refractivity contribution in [2.75, 3.05) is 13.2 Å². The highest BCUT2D eigenvalue weighted by atomic mass is 16.5. The van der Waals surface area contributed by atoms with Crippen LogP contribution in [0.1, 0.15) is 341 Å². The van der Waals surface area contributed by atoms with E-state index in [-0.39, 0.29) is 18.5 Å². The number of aliphatic hydroxyl groups is 2. The second kappa shape index (κ2) is 60.6. The lowest BCUT2D eigenvalue weighted by atomic mass is 10.0. The number of allylic oxidation sites excluding steroid dienone is 6. The van der Waals surface area contributed by atoms with E-state index in [0.29, 0.717) is 25.9 Å². The molecule has 418 valence electrons. The van der Waals surface area contributed by atoms with Gasteiger partial charge >= 0.3 is 5.97 Å². The molecule has 0 aliphatic rings. The maximum Gasteiger partial charge on any atom is 0.305 e. The first kappa shape index (κ1) is 69.1. The van der Waals surface area contributed by atoms with Gasteiger partial charge < -0.3 is 20.3 Å². The van der Waals surface area contributed by atoms with E-state index in [1.807, 2.05) is 0 Å². The largest absolute Gasteiger partial charge is 0.466 e. The predicted molar refractivity (Wildman–Crippen MR) is 310 cm³/mol. The molecule has 0 heterocycles. The maximum absolute atomic E-state index is 12.4. The zero-order valence-electron chi connectivity index (χ0n) is 47.7. The molecule has 0 spiro atoms. The molecule has 71 heavy (non-hydrogen) atoms. The molecule has 0 bridgehead atoms. The van der Waals surface area contributed by atoms with E-state index in [0.717, 1.165) is 51.4 Å². The standard InChI is InChI=1S/C65H123NO5/c1-3-5-7-9-11-13-15-16-17-28-32-35-39-43-47-51-55-59-65(70)71-60-56-52-48-44-40-36-33-30-27-25-23-21-19-18-20-22-24-26-29-31-34-38-42-46-50-54-58-64(69)66-62(61-67)63(68)57-53-49-45-41-37-14-12-10-8-6-4-2/h11,13,16-18,20,62-63,67-68H,3-10,12,14-15,19,21-61H2,1-2H3,(H,66,69)/b13-11-,17-16-,20-18-. The summed E-state index contributed by atoms with van der Waals surface area (Å²) in [5.74, 6) is -0.0307. The normalized spacial score (nSPS) is 12.8. The molecule has 0 rings (SSSR count). The molecule has 2 unspecified atom stereocenters. The van der Waals surface area contributed by atoms with Gasteiger partial charge in [-0.25, -0.2) is 0 Å². The molecule has 0 fully saturated rings. The molecule has 6 nitrogen and oxygen atoms in total. The number of amides is 1. The molecule has 0 aromatic rings. The average molecular weight is 999 g/mol. The lowest BCUT2D eigenvalue weighted by Crippen LogP contribution is -2.45. The number of carbonyl (C=O) groups is 2. The Morgan fingerprint density at radius 2 is 0.704 bits per heavy atom. The van der Waals surface area contributed by atoms with E-state index in [4.69, 9.17) is 4.74 Å². The number of nitrogens with one attached hydrogen (secondary N) is 1. The van der Waals surface area contributed by atoms with E-state index in [9.17, 15) is 19.8 Å². The van der Waals surface area contributed by atoms with Crippen LogP contribution in [-0.4, -0.2) is 47.4 Å². The zero-order chi connectivity index (χ0) is 51.4. The van der Waals surface area contributed by atoms with Gasteiger partial charge in [0.1, 0.15) is 0 Å². The van der Waals surface area contributed by atoms with E-state index in [1.165, 1.54) is 257 Å². The summed E-state index contributed by atoms with van der Waals surface area (Å²) in [5, 5.41) is 23.2. The zero-order valence-corrected chi connectivity index (χ0v) is 47.7. The molecule has 0 radical (unpaired) electrons. The monoisotopic (exact) mass is 998 g/mol. The molecule has 6 heteroatoms. The third-order valence-corrected chi connectivity index (χ3v) is 14.7. The Morgan fingerprint density at radius 3 is 1.11 bits per heavy atom. The smallest absolute Gasteiger partial charge is 0.305 e. The Kier molecular flexibility index (Phi) is 59.0. The minimum Gasteiger partial charge on any atom is -0.466 e. The van der Waals surface area contributed by atoms with E-state index >= 15 is 0 Å². The van der Waals surface area contributed by atoms with Crippen molar-refractivity contribution in [3.05, 3.63) is 36.5 Å². The summed E-state index contributed by atoms with van der Waals surface area (Å²) < 4.78 is 5.49. The summed E-state index contributed by atoms with van der Waals surface area (Å²) in [6.45, 7) is 4.93. The predicted octanol–water partition coefficient (Wildman–Crippen LogP) is 20.0. The van der Waals surface area contributed by atoms with Gasteiger partial charge in [-0.1, -0.05) is 281 Å². The second-order valence-electron chi connectivity index (χ2n) is 21.7. The highest BCUT2D eigenvalue weighted by Gasteiger charge is 2.20. The average Bonchev–Trinajstić information content (AvgIpc) is 3.37. The molecule has 0 aromatic carbocycles. The number of aliphatic hydroxyl groups excluding tert-OH is 2. The van der Waals surface area contributed by atoms with Crippen molar-refractivity contribution in [3.63, 3.8) is 0 Å². The number of ether oxygens (including phenoxy) is 1. The van der Waals surface area contributed by atoms with Crippen molar-refractivity contribution in [3.8, 4) is 0 Å². The number of esters is 1. The van der Waals surface area contributed by atoms with Gasteiger partial charge in [-0.05, 0) is 83.5 Å². The van der Waals surface area contributed by atoms with Crippen molar-refractivity contribution in [2.24, 2.45) is 0 Å². The van der Waals surface area contributed by atoms with Crippen LogP contribution in [0.5, 0.6) is 0 Å². The van der Waals surface area contributed by atoms with E-state index in [1.54, 1.807) is 0 Å². The first-order valence-electron chi connectivity index (χ1n) is 31.7. The third-order valence-electron chi connectivity index (χ3n) is 14.7. The maximum atomic E-state index is 12.4. The van der Waals surface area contributed by atoms with Crippen molar-refractivity contribution >= 4 is 11.9 Å². The molecule has 0 saturated carbocycles. The van der Waals surface area contributed by atoms with E-state index < -0.39 is 12.1 Å². The highest BCUT2D eigenvalue weighted by molar-refractivity contribution is 5.76. The van der Waals surface area contributed by atoms with Gasteiger partial charge in [-0.2, -0.15) is 0 Å². The van der Waals surface area contributed by atoms with Crippen LogP contribution in [0.2, 0.25) is 0 Å². The summed E-state index contributed by atoms with van der Waals surface area (Å²) in [4.78, 5) is 24.5. The van der Waals surface area contributed by atoms with Crippen LogP contribution >= 0.6 is 0 Å². The summed E-state index contributed by atoms with van der Waals surface area (Å²) in [7, 11) is 0. The lowest BCUT2D eigenvalue weighted by Gasteiger charge is -2.22. The molecule has 0 aliphatic heterocycles. The molecular weight excluding hydrogens is 875 g/mol. The van der Waals surface area contributed by atoms with Gasteiger partial charge in [0.2, 0.25) is 5.91 Å². The topological polar surface area (TPSA) is 95.9 Å². The molecule has 1 amide bonds. The SMILES string of the molecule is CCCCC/C=C\C/C=C\CCCCCCCCCC(=O)OCCCCCCCCCCCCCC/C=C\CCCCCCCCCCCCC(=O)NC(CO)C(O)CCCCCCCCCCCCC. The fourth-order valence-electron chi connectivity index (χ4n) is 9.78. The number of rotatable bonds is 59. The van der Waals surface area contributed by atoms with Gasteiger partial charge in [-0.15, -0.1) is 0 Å². The third kappa shape index (κ3) is 57.2. The Labute approximate surface area is 443 Å². The first-order valence-corrected chi connectivity index (χ1v) is 31.7. The van der Waals surface area contributed by atoms with Crippen LogP contribution in [0.3, 0.4) is 0 Å². The summed E-state index contributed by atoms with van der Waals surface area (Å²) in [5.41, 5.74) is 0. The van der Waals surface area contributed by atoms with Crippen LogP contribution in [0.15, 0.2) is 36.5 Å². The molecular formula is C65H123NO5. The number of unbranched alkanes of at least 4 members (excludes halogenated alkanes) is 42. The Bertz CT molecular complexity index is 1150. The van der Waals surface area contributed by atoms with Crippen LogP contribution in [0.4, 0.5) is 0 Å². The van der Waals surface area contributed by atoms with Crippen molar-refractivity contribution < 1.29 is 24.5 Å². The van der Waals surface area contributed by atoms with Crippen LogP contribution < -0.4 is 5.32 Å². The minimum absolute atomic E-state index is 0.00656. The van der Waals surface area contributed by atoms with Gasteiger partial charge in [0, 0.05) is 12.8 Å². The number of hydrogen-bond acceptors (Lipinski definition) is 5. The Balaban J connectivity index is 3.37. The molecule has 2 atom stereocenters. The fraction of sp³-hybridized carbons (Fsp3) is 0.877. The lowest BCUT2D eigenvalue weighted by molar-refractivity contribution is -0.143. The summed E-state index contributed by atoms with van der Waals surface area (Å²) in [6.07, 6.45) is 75.9. The quantitative estimate of drug-likeness (QED) is 0.0321. The number of carbonyl (C=O) groups excluding carboxylic acids is 2. The van der Waals surface area contributed by atoms with Gasteiger partial charge in [-0.3, -0.25) is 9.59 Å². The summed E-state index contributed by atoms with van der Waals surface area (Å²) >= 11 is 0. The van der Waals surface area contributed by atoms with Crippen LogP contribution in [0.25, 0.3) is 0 Å². The molecule has 0 saturated heterocycles. The van der Waals surface area contributed by atoms with Crippen molar-refractivity contribution in [2.45, 2.75) is 353 Å². The fourth-order valence-corrected chi connectivity index (χ4v) is 9.78. The Morgan fingerprint density at radius 1 is 0.394 bits per heavy atom. The van der Waals surface area contributed by atoms with Crippen molar-refractivity contribution in [1.82, 2.24) is 5.32 Å². The molecule has 0 aromatic heterocycles. The minimum atomic E-state index is -0.664. The second-order valence-corrected chi connectivity index (χ2v) is 21.7. The molecule has 3 N–H and O–H groups in total. The molecule has 0 aliphatic carbocycles. The number of hydrogen-bond donors (Lipinski definition) is 3. The highest BCUT2D eigenvalue weighted by Crippen LogP contribution is 2.17. The van der Waals surface area contributed by atoms with Crippen LogP contribution in [0, 0.1) is 0 Å². The Hall–Kier alpha value is -1.92. The van der Waals surface area contributed by atoms with Gasteiger partial charge in [0.05, 0.1) is 25.4 Å². The van der Waals surface area contributed by atoms with Gasteiger partial charge in [0.25, 0.3) is 0 Å². The van der Waals surface area contributed by atoms with Crippen molar-refractivity contribution in [1.29, 1.82) is 0 Å². The first-order chi connectivity index (χ1) is 35.0. The van der Waals surface area contributed by atoms with Crippen LogP contribution in [-0.2, 0) is 14.3 Å². The van der Waals surface area contributed by atoms with E-state index in [2.05, 4.69) is 55.6 Å². The summed E-state index contributed by atoms with van der Waals surface area (Å²) in [6, 6.07) is -0.542.